The monoisotopic (exact) mass is 407 g/mol. The van der Waals surface area contributed by atoms with E-state index in [9.17, 15) is 4.79 Å². The molecular weight excluding hydrogens is 386 g/mol. The van der Waals surface area contributed by atoms with Crippen LogP contribution in [-0.2, 0) is 11.3 Å². The number of nitrogens with zero attached hydrogens (tertiary/aromatic N) is 4. The number of nitrogens with one attached hydrogen (secondary N) is 1. The fourth-order valence-corrected chi connectivity index (χ4v) is 4.86. The van der Waals surface area contributed by atoms with Crippen LogP contribution in [0, 0.1) is 5.92 Å². The zero-order valence-electron chi connectivity index (χ0n) is 14.9. The molecule has 26 heavy (non-hydrogen) atoms. The highest BCUT2D eigenvalue weighted by Crippen LogP contribution is 2.26. The van der Waals surface area contributed by atoms with Crippen LogP contribution >= 0.6 is 34.4 Å². The molecule has 0 aliphatic rings. The Kier molecular flexibility index (Phi) is 6.44. The van der Waals surface area contributed by atoms with Gasteiger partial charge in [0.15, 0.2) is 4.34 Å². The highest BCUT2D eigenvalue weighted by atomic mass is 32.2. The van der Waals surface area contributed by atoms with E-state index in [-0.39, 0.29) is 5.91 Å². The quantitative estimate of drug-likeness (QED) is 0.570. The zero-order valence-corrected chi connectivity index (χ0v) is 17.4. The van der Waals surface area contributed by atoms with Crippen molar-refractivity contribution in [3.63, 3.8) is 0 Å². The van der Waals surface area contributed by atoms with Crippen LogP contribution in [0.5, 0.6) is 0 Å². The normalized spacial score (nSPS) is 11.2. The third kappa shape index (κ3) is 5.15. The van der Waals surface area contributed by atoms with Crippen LogP contribution in [0.3, 0.4) is 0 Å². The molecule has 2 aromatic heterocycles. The van der Waals surface area contributed by atoms with Gasteiger partial charge < -0.3 is 10.2 Å². The zero-order chi connectivity index (χ0) is 18.5. The predicted molar refractivity (Wildman–Crippen MR) is 110 cm³/mol. The molecule has 0 radical (unpaired) electrons. The lowest BCUT2D eigenvalue weighted by Gasteiger charge is -2.14. The summed E-state index contributed by atoms with van der Waals surface area (Å²) in [6.45, 7) is 5.67. The van der Waals surface area contributed by atoms with E-state index in [0.717, 1.165) is 31.2 Å². The van der Waals surface area contributed by atoms with Crippen molar-refractivity contribution in [3.05, 3.63) is 29.3 Å². The Morgan fingerprint density at radius 2 is 2.08 bits per heavy atom. The molecule has 3 rings (SSSR count). The standard InChI is InChI=1S/C17H21N5OS3/c1-11(2)8-18-16-20-21-17(26-16)24-10-15(23)22(3)9-14-19-12-6-4-5-7-13(12)25-14/h4-7,11H,8-10H2,1-3H3,(H,18,20). The third-order valence-corrected chi connectivity index (χ3v) is 6.54. The number of thiazole rings is 1. The maximum absolute atomic E-state index is 12.4. The molecule has 138 valence electrons. The number of benzene rings is 1. The van der Waals surface area contributed by atoms with Crippen molar-refractivity contribution in [1.82, 2.24) is 20.1 Å². The lowest BCUT2D eigenvalue weighted by atomic mass is 10.2. The van der Waals surface area contributed by atoms with Gasteiger partial charge in [-0.2, -0.15) is 0 Å². The summed E-state index contributed by atoms with van der Waals surface area (Å²) in [5.74, 6) is 0.953. The average Bonchev–Trinajstić information content (AvgIpc) is 3.23. The van der Waals surface area contributed by atoms with E-state index >= 15 is 0 Å². The molecule has 0 unspecified atom stereocenters. The Hall–Kier alpha value is -1.71. The first-order chi connectivity index (χ1) is 12.5. The van der Waals surface area contributed by atoms with E-state index in [4.69, 9.17) is 0 Å². The minimum Gasteiger partial charge on any atom is -0.360 e. The van der Waals surface area contributed by atoms with Crippen molar-refractivity contribution in [1.29, 1.82) is 0 Å². The second kappa shape index (κ2) is 8.79. The molecule has 1 N–H and O–H groups in total. The molecule has 0 saturated heterocycles. The second-order valence-electron chi connectivity index (χ2n) is 6.26. The van der Waals surface area contributed by atoms with Gasteiger partial charge in [0.05, 0.1) is 22.5 Å². The van der Waals surface area contributed by atoms with Crippen LogP contribution in [0.2, 0.25) is 0 Å². The number of carbonyl (C=O) groups is 1. The molecule has 0 atom stereocenters. The van der Waals surface area contributed by atoms with Crippen molar-refractivity contribution < 1.29 is 4.79 Å². The van der Waals surface area contributed by atoms with Crippen LogP contribution in [0.4, 0.5) is 5.13 Å². The summed E-state index contributed by atoms with van der Waals surface area (Å²) >= 11 is 4.54. The number of hydrogen-bond donors (Lipinski definition) is 1. The maximum atomic E-state index is 12.4. The Balaban J connectivity index is 1.49. The molecule has 6 nitrogen and oxygen atoms in total. The first-order valence-electron chi connectivity index (χ1n) is 8.30. The molecule has 0 fully saturated rings. The van der Waals surface area contributed by atoms with Gasteiger partial charge in [-0.3, -0.25) is 4.79 Å². The molecule has 9 heteroatoms. The summed E-state index contributed by atoms with van der Waals surface area (Å²) in [6.07, 6.45) is 0. The molecule has 0 spiro atoms. The topological polar surface area (TPSA) is 71.0 Å². The van der Waals surface area contributed by atoms with Gasteiger partial charge in [0, 0.05) is 13.6 Å². The van der Waals surface area contributed by atoms with Gasteiger partial charge in [-0.1, -0.05) is 49.1 Å². The average molecular weight is 408 g/mol. The molecule has 0 saturated carbocycles. The molecule has 3 aromatic rings. The molecule has 0 aliphatic heterocycles. The summed E-state index contributed by atoms with van der Waals surface area (Å²) in [4.78, 5) is 18.7. The second-order valence-corrected chi connectivity index (χ2v) is 9.58. The summed E-state index contributed by atoms with van der Waals surface area (Å²) in [6, 6.07) is 8.02. The Morgan fingerprint density at radius 3 is 2.85 bits per heavy atom. The smallest absolute Gasteiger partial charge is 0.233 e. The van der Waals surface area contributed by atoms with Crippen molar-refractivity contribution in [2.45, 2.75) is 24.7 Å². The van der Waals surface area contributed by atoms with Crippen LogP contribution in [0.1, 0.15) is 18.9 Å². The van der Waals surface area contributed by atoms with E-state index in [1.54, 1.807) is 16.2 Å². The van der Waals surface area contributed by atoms with Crippen molar-refractivity contribution in [2.75, 3.05) is 24.7 Å². The summed E-state index contributed by atoms with van der Waals surface area (Å²) in [5.41, 5.74) is 0.984. The van der Waals surface area contributed by atoms with E-state index in [0.29, 0.717) is 18.2 Å². The van der Waals surface area contributed by atoms with E-state index in [1.165, 1.54) is 23.1 Å². The fraction of sp³-hybridized carbons (Fsp3) is 0.412. The SMILES string of the molecule is CC(C)CNc1nnc(SCC(=O)N(C)Cc2nc3ccccc3s2)s1. The summed E-state index contributed by atoms with van der Waals surface area (Å²) in [7, 11) is 1.81. The van der Waals surface area contributed by atoms with Gasteiger partial charge in [-0.15, -0.1) is 21.5 Å². The van der Waals surface area contributed by atoms with Gasteiger partial charge in [0.25, 0.3) is 0 Å². The van der Waals surface area contributed by atoms with Gasteiger partial charge in [-0.05, 0) is 18.1 Å². The van der Waals surface area contributed by atoms with Crippen molar-refractivity contribution in [2.24, 2.45) is 5.92 Å². The van der Waals surface area contributed by atoms with Gasteiger partial charge in [-0.25, -0.2) is 4.98 Å². The van der Waals surface area contributed by atoms with E-state index in [2.05, 4.69) is 40.4 Å². The minimum absolute atomic E-state index is 0.0566. The highest BCUT2D eigenvalue weighted by molar-refractivity contribution is 8.01. The van der Waals surface area contributed by atoms with Crippen LogP contribution in [0.15, 0.2) is 28.6 Å². The number of fused-ring (bicyclic) bond motifs is 1. The Morgan fingerprint density at radius 1 is 1.27 bits per heavy atom. The number of aromatic nitrogens is 3. The van der Waals surface area contributed by atoms with E-state index in [1.807, 2.05) is 25.2 Å². The molecule has 1 amide bonds. The number of anilines is 1. The maximum Gasteiger partial charge on any atom is 0.233 e. The summed E-state index contributed by atoms with van der Waals surface area (Å²) in [5, 5.41) is 13.2. The molecule has 2 heterocycles. The minimum atomic E-state index is 0.0566. The number of thioether (sulfide) groups is 1. The van der Waals surface area contributed by atoms with Gasteiger partial charge in [0.2, 0.25) is 11.0 Å². The third-order valence-electron chi connectivity index (χ3n) is 3.52. The fourth-order valence-electron chi connectivity index (χ4n) is 2.14. The lowest BCUT2D eigenvalue weighted by Crippen LogP contribution is -2.27. The van der Waals surface area contributed by atoms with Crippen LogP contribution in [-0.4, -0.2) is 45.3 Å². The van der Waals surface area contributed by atoms with Crippen LogP contribution < -0.4 is 5.32 Å². The van der Waals surface area contributed by atoms with Crippen molar-refractivity contribution >= 4 is 55.7 Å². The first-order valence-corrected chi connectivity index (χ1v) is 10.9. The lowest BCUT2D eigenvalue weighted by molar-refractivity contribution is -0.127. The van der Waals surface area contributed by atoms with Gasteiger partial charge in [0.1, 0.15) is 5.01 Å². The summed E-state index contributed by atoms with van der Waals surface area (Å²) < 4.78 is 1.95. The first kappa shape index (κ1) is 19.1. The van der Waals surface area contributed by atoms with Crippen molar-refractivity contribution in [3.8, 4) is 0 Å². The Bertz CT molecular complexity index is 843. The number of para-hydroxylation sites is 1. The highest BCUT2D eigenvalue weighted by Gasteiger charge is 2.14. The molecule has 0 aliphatic carbocycles. The Labute approximate surface area is 165 Å². The number of rotatable bonds is 8. The number of carbonyl (C=O) groups excluding carboxylic acids is 1. The molecule has 1 aromatic carbocycles. The van der Waals surface area contributed by atoms with Gasteiger partial charge >= 0.3 is 0 Å². The predicted octanol–water partition coefficient (Wildman–Crippen LogP) is 3.97. The largest absolute Gasteiger partial charge is 0.360 e. The van der Waals surface area contributed by atoms with Crippen LogP contribution in [0.25, 0.3) is 10.2 Å². The molecular formula is C17H21N5OS3. The molecule has 0 bridgehead atoms. The number of amides is 1. The van der Waals surface area contributed by atoms with E-state index < -0.39 is 0 Å². The number of hydrogen-bond acceptors (Lipinski definition) is 8.